The summed E-state index contributed by atoms with van der Waals surface area (Å²) in [6, 6.07) is 25.6. The molecule has 6 nitrogen and oxygen atoms in total. The Morgan fingerprint density at radius 2 is 1.86 bits per heavy atom. The molecule has 3 heterocycles. The van der Waals surface area contributed by atoms with E-state index >= 15 is 0 Å². The van der Waals surface area contributed by atoms with Gasteiger partial charge < -0.3 is 10.4 Å². The largest absolute Gasteiger partial charge is 0.508 e. The quantitative estimate of drug-likeness (QED) is 0.267. The molecule has 6 rings (SSSR count). The van der Waals surface area contributed by atoms with E-state index in [9.17, 15) is 5.11 Å². The number of thiophene rings is 1. The summed E-state index contributed by atoms with van der Waals surface area (Å²) in [5.41, 5.74) is 5.36. The fraction of sp³-hybridized carbons (Fsp3) is 0.138. The minimum Gasteiger partial charge on any atom is -0.508 e. The first-order valence-electron chi connectivity index (χ1n) is 11.9. The lowest BCUT2D eigenvalue weighted by Gasteiger charge is -2.27. The van der Waals surface area contributed by atoms with Gasteiger partial charge in [-0.2, -0.15) is 0 Å². The summed E-state index contributed by atoms with van der Waals surface area (Å²) >= 11 is 1.78. The highest BCUT2D eigenvalue weighted by Gasteiger charge is 2.24. The Balaban J connectivity index is 1.19. The van der Waals surface area contributed by atoms with Crippen LogP contribution in [0.1, 0.15) is 21.6 Å². The lowest BCUT2D eigenvalue weighted by atomic mass is 10.0. The maximum Gasteiger partial charge on any atom is 0.142 e. The average Bonchev–Trinajstić information content (AvgIpc) is 3.28. The second kappa shape index (κ2) is 9.89. The Bertz CT molecular complexity index is 1530. The molecule has 0 fully saturated rings. The van der Waals surface area contributed by atoms with Crippen molar-refractivity contribution in [3.05, 3.63) is 107 Å². The number of nitrogens with one attached hydrogen (secondary N) is 1. The monoisotopic (exact) mass is 491 g/mol. The third-order valence-electron chi connectivity index (χ3n) is 6.33. The minimum atomic E-state index is 0.231. The van der Waals surface area contributed by atoms with Gasteiger partial charge in [0, 0.05) is 36.4 Å². The minimum absolute atomic E-state index is 0.231. The molecule has 0 amide bonds. The van der Waals surface area contributed by atoms with Gasteiger partial charge in [-0.25, -0.2) is 9.97 Å². The summed E-state index contributed by atoms with van der Waals surface area (Å²) in [5.74, 6) is 1.08. The number of hydrogen-bond acceptors (Lipinski definition) is 7. The number of hydrogen-bond donors (Lipinski definition) is 2. The van der Waals surface area contributed by atoms with Gasteiger partial charge in [-0.1, -0.05) is 42.5 Å². The van der Waals surface area contributed by atoms with E-state index in [-0.39, 0.29) is 5.75 Å². The first-order valence-corrected chi connectivity index (χ1v) is 12.7. The van der Waals surface area contributed by atoms with Crippen LogP contribution < -0.4 is 5.32 Å². The molecule has 0 bridgehead atoms. The van der Waals surface area contributed by atoms with Crippen LogP contribution in [0, 0.1) is 0 Å². The molecule has 0 spiro atoms. The van der Waals surface area contributed by atoms with Crippen LogP contribution in [0.25, 0.3) is 10.2 Å². The van der Waals surface area contributed by atoms with E-state index in [0.717, 1.165) is 59.0 Å². The second-order valence-electron chi connectivity index (χ2n) is 8.88. The number of aromatic nitrogens is 2. The van der Waals surface area contributed by atoms with Gasteiger partial charge >= 0.3 is 0 Å². The van der Waals surface area contributed by atoms with Crippen LogP contribution in [-0.4, -0.2) is 32.7 Å². The molecule has 0 aliphatic carbocycles. The normalized spacial score (nSPS) is 13.8. The highest BCUT2D eigenvalue weighted by molar-refractivity contribution is 7.19. The van der Waals surface area contributed by atoms with Crippen LogP contribution in [-0.2, 0) is 19.5 Å². The van der Waals surface area contributed by atoms with Gasteiger partial charge in [-0.05, 0) is 59.5 Å². The number of anilines is 2. The molecule has 1 aliphatic heterocycles. The third-order valence-corrected chi connectivity index (χ3v) is 7.45. The molecule has 7 heteroatoms. The van der Waals surface area contributed by atoms with Gasteiger partial charge in [0.25, 0.3) is 0 Å². The summed E-state index contributed by atoms with van der Waals surface area (Å²) in [7, 11) is 0. The van der Waals surface area contributed by atoms with E-state index in [1.165, 1.54) is 16.0 Å². The molecular weight excluding hydrogens is 466 g/mol. The van der Waals surface area contributed by atoms with Crippen molar-refractivity contribution in [2.45, 2.75) is 19.5 Å². The van der Waals surface area contributed by atoms with E-state index in [2.05, 4.69) is 55.5 Å². The predicted octanol–water partition coefficient (Wildman–Crippen LogP) is 6.45. The molecular formula is C29H25N5OS. The van der Waals surface area contributed by atoms with Crippen molar-refractivity contribution < 1.29 is 5.11 Å². The van der Waals surface area contributed by atoms with Crippen molar-refractivity contribution in [3.63, 3.8) is 0 Å². The number of fused-ring (bicyclic) bond motifs is 3. The molecule has 1 aliphatic rings. The zero-order chi connectivity index (χ0) is 24.3. The van der Waals surface area contributed by atoms with Crippen LogP contribution >= 0.6 is 11.3 Å². The Hall–Kier alpha value is -4.07. The van der Waals surface area contributed by atoms with Crippen molar-refractivity contribution in [1.29, 1.82) is 0 Å². The third kappa shape index (κ3) is 4.84. The number of rotatable bonds is 6. The average molecular weight is 492 g/mol. The molecule has 2 aromatic heterocycles. The molecule has 0 saturated heterocycles. The lowest BCUT2D eigenvalue weighted by molar-refractivity contribution is 0.249. The Labute approximate surface area is 213 Å². The van der Waals surface area contributed by atoms with Crippen molar-refractivity contribution in [2.24, 2.45) is 4.99 Å². The summed E-state index contributed by atoms with van der Waals surface area (Å²) < 4.78 is 0. The first kappa shape index (κ1) is 22.4. The van der Waals surface area contributed by atoms with Gasteiger partial charge in [-0.15, -0.1) is 11.3 Å². The van der Waals surface area contributed by atoms with E-state index in [1.807, 2.05) is 30.3 Å². The Kier molecular flexibility index (Phi) is 6.15. The maximum atomic E-state index is 9.61. The molecule has 0 atom stereocenters. The van der Waals surface area contributed by atoms with Crippen molar-refractivity contribution in [1.82, 2.24) is 14.9 Å². The number of nitrogens with zero attached hydrogens (tertiary/aromatic N) is 4. The molecule has 5 aromatic rings. The number of aromatic hydroxyl groups is 1. The van der Waals surface area contributed by atoms with Crippen LogP contribution in [0.5, 0.6) is 5.75 Å². The van der Waals surface area contributed by atoms with Gasteiger partial charge in [0.2, 0.25) is 0 Å². The van der Waals surface area contributed by atoms with Crippen LogP contribution in [0.2, 0.25) is 0 Å². The lowest BCUT2D eigenvalue weighted by Crippen LogP contribution is -2.29. The molecule has 2 N–H and O–H groups in total. The molecule has 3 aromatic carbocycles. The first-order chi connectivity index (χ1) is 17.7. The summed E-state index contributed by atoms with van der Waals surface area (Å²) in [6.07, 6.45) is 4.38. The summed E-state index contributed by atoms with van der Waals surface area (Å²) in [5, 5.41) is 14.3. The highest BCUT2D eigenvalue weighted by Crippen LogP contribution is 2.38. The van der Waals surface area contributed by atoms with Gasteiger partial charge in [0.15, 0.2) is 0 Å². The topological polar surface area (TPSA) is 73.6 Å². The molecule has 178 valence electrons. The smallest absolute Gasteiger partial charge is 0.142 e. The zero-order valence-electron chi connectivity index (χ0n) is 19.6. The van der Waals surface area contributed by atoms with Crippen LogP contribution in [0.4, 0.5) is 17.2 Å². The highest BCUT2D eigenvalue weighted by atomic mass is 32.1. The summed E-state index contributed by atoms with van der Waals surface area (Å²) in [6.45, 7) is 2.93. The van der Waals surface area contributed by atoms with E-state index in [4.69, 9.17) is 0 Å². The fourth-order valence-electron chi connectivity index (χ4n) is 4.57. The van der Waals surface area contributed by atoms with Crippen LogP contribution in [0.3, 0.4) is 0 Å². The molecule has 0 saturated carbocycles. The standard InChI is InChI=1S/C29H25N5OS/c35-24-8-4-7-21(15-24)16-30-22-9-11-23(12-10-22)33-28-27-25-13-14-34(17-20-5-2-1-3-6-20)18-26(25)36-29(27)32-19-31-28/h1-12,15-16,19,35H,13-14,17-18H2,(H,31,32,33). The Morgan fingerprint density at radius 3 is 2.69 bits per heavy atom. The number of benzene rings is 3. The second-order valence-corrected chi connectivity index (χ2v) is 9.96. The van der Waals surface area contributed by atoms with Crippen molar-refractivity contribution in [2.75, 3.05) is 11.9 Å². The number of phenols is 1. The predicted molar refractivity (Wildman–Crippen MR) is 147 cm³/mol. The van der Waals surface area contributed by atoms with E-state index in [0.29, 0.717) is 0 Å². The van der Waals surface area contributed by atoms with E-state index in [1.54, 1.807) is 42.1 Å². The molecule has 0 radical (unpaired) electrons. The van der Waals surface area contributed by atoms with E-state index < -0.39 is 0 Å². The van der Waals surface area contributed by atoms with Gasteiger partial charge in [0.05, 0.1) is 11.1 Å². The zero-order valence-corrected chi connectivity index (χ0v) is 20.4. The number of phenolic OH excluding ortho intramolecular Hbond substituents is 1. The van der Waals surface area contributed by atoms with Crippen molar-refractivity contribution >= 4 is 45.0 Å². The number of aliphatic imine (C=N–C) groups is 1. The Morgan fingerprint density at radius 1 is 1.00 bits per heavy atom. The fourth-order valence-corrected chi connectivity index (χ4v) is 5.80. The molecule has 36 heavy (non-hydrogen) atoms. The summed E-state index contributed by atoms with van der Waals surface area (Å²) in [4.78, 5) is 18.6. The molecule has 0 unspecified atom stereocenters. The SMILES string of the molecule is Oc1cccc(C=Nc2ccc(Nc3ncnc4sc5c(c34)CCN(Cc3ccccc3)C5)cc2)c1. The van der Waals surface area contributed by atoms with Gasteiger partial charge in [-0.3, -0.25) is 9.89 Å². The maximum absolute atomic E-state index is 9.61. The van der Waals surface area contributed by atoms with Gasteiger partial charge in [0.1, 0.15) is 22.7 Å². The van der Waals surface area contributed by atoms with Crippen molar-refractivity contribution in [3.8, 4) is 5.75 Å². The van der Waals surface area contributed by atoms with Crippen LogP contribution in [0.15, 0.2) is 90.2 Å².